The molecule has 1 saturated carbocycles. The number of aromatic nitrogens is 3. The van der Waals surface area contributed by atoms with E-state index >= 15 is 4.39 Å². The normalized spacial score (nSPS) is 24.0. The molecule has 2 fully saturated rings. The molecule has 2 aromatic heterocycles. The van der Waals surface area contributed by atoms with Crippen molar-refractivity contribution in [3.63, 3.8) is 0 Å². The Labute approximate surface area is 361 Å². The summed E-state index contributed by atoms with van der Waals surface area (Å²) in [4.78, 5) is 68.1. The molecule has 0 radical (unpaired) electrons. The summed E-state index contributed by atoms with van der Waals surface area (Å²) in [5.74, 6) is -3.00. The van der Waals surface area contributed by atoms with Gasteiger partial charge in [-0.2, -0.15) is 17.7 Å². The molecule has 334 valence electrons. The van der Waals surface area contributed by atoms with Gasteiger partial charge in [-0.05, 0) is 85.3 Å². The fourth-order valence-electron chi connectivity index (χ4n) is 8.02. The van der Waals surface area contributed by atoms with Crippen molar-refractivity contribution in [3.05, 3.63) is 40.7 Å². The minimum Gasteiger partial charge on any atom is -0.459 e. The maximum Gasteiger partial charge on any atom is 0.408 e. The number of thiazole rings is 1. The Morgan fingerprint density at radius 2 is 1.82 bits per heavy atom. The summed E-state index contributed by atoms with van der Waals surface area (Å²) in [6.07, 6.45) is 5.19. The van der Waals surface area contributed by atoms with Gasteiger partial charge in [-0.3, -0.25) is 19.0 Å². The molecule has 3 N–H and O–H groups in total. The molecule has 61 heavy (non-hydrogen) atoms. The number of fused-ring (bicyclic) bond motifs is 3. The minimum atomic E-state index is -4.21. The minimum absolute atomic E-state index is 0.0448. The third-order valence-corrected chi connectivity index (χ3v) is 13.6. The van der Waals surface area contributed by atoms with Crippen LogP contribution in [0.2, 0.25) is 0 Å². The van der Waals surface area contributed by atoms with Crippen LogP contribution in [0, 0.1) is 18.7 Å². The Bertz CT molecular complexity index is 2320. The van der Waals surface area contributed by atoms with E-state index in [0.29, 0.717) is 28.9 Å². The van der Waals surface area contributed by atoms with Gasteiger partial charge in [0.1, 0.15) is 45.7 Å². The Balaban J connectivity index is 1.38. The standard InChI is InChI=1S/C42H59FN8O8S2/c1-23(2)33-25(5)60-36(45-33)32-28(43)18-19-30-34(32)46-39(51(30)24(3)4)58-27-20-31-35(52)47-42(38(54)48-61(56,57)49(9)10)21-26(42)16-14-12-11-13-15-17-29(37(53)50(31)22-27)44-40(55)59-41(6,7)8/h14,16,18-19,23-24,26-27,29,31H,11-13,15,17,20-22H2,1-10H3,(H,44,55)(H,47,52)(H,48,54). The molecule has 19 heteroatoms. The first-order valence-corrected chi connectivity index (χ1v) is 23.2. The zero-order valence-electron chi connectivity index (χ0n) is 36.6. The van der Waals surface area contributed by atoms with Crippen LogP contribution in [0.4, 0.5) is 9.18 Å². The van der Waals surface area contributed by atoms with E-state index in [2.05, 4.69) is 15.4 Å². The van der Waals surface area contributed by atoms with Crippen molar-refractivity contribution in [1.29, 1.82) is 0 Å². The van der Waals surface area contributed by atoms with Gasteiger partial charge < -0.3 is 25.0 Å². The van der Waals surface area contributed by atoms with Gasteiger partial charge in [0.2, 0.25) is 11.8 Å². The summed E-state index contributed by atoms with van der Waals surface area (Å²) in [5, 5.41) is 6.07. The average Bonchev–Trinajstić information content (AvgIpc) is 3.41. The lowest BCUT2D eigenvalue weighted by atomic mass is 10.0. The Morgan fingerprint density at radius 1 is 1.10 bits per heavy atom. The SMILES string of the molecule is Cc1sc(-c2c(F)ccc3c2nc(OC2CC4C(=O)NC5(C(=O)NS(=O)(=O)N(C)C)CC5C=CCCCCCC(NC(=O)OC(C)(C)C)C(=O)N4C2)n3C(C)C)nc1C(C)C. The fraction of sp³-hybridized carbons (Fsp3) is 0.619. The van der Waals surface area contributed by atoms with E-state index in [1.807, 2.05) is 51.3 Å². The van der Waals surface area contributed by atoms with Crippen molar-refractivity contribution in [3.8, 4) is 16.6 Å². The summed E-state index contributed by atoms with van der Waals surface area (Å²) in [6, 6.07) is 0.695. The maximum absolute atomic E-state index is 15.8. The summed E-state index contributed by atoms with van der Waals surface area (Å²) in [7, 11) is -1.64. The van der Waals surface area contributed by atoms with E-state index in [9.17, 15) is 27.6 Å². The quantitative estimate of drug-likeness (QED) is 0.219. The Kier molecular flexibility index (Phi) is 13.3. The number of ether oxygens (including phenoxy) is 2. The predicted octanol–water partition coefficient (Wildman–Crippen LogP) is 5.87. The van der Waals surface area contributed by atoms with Gasteiger partial charge in [-0.1, -0.05) is 38.8 Å². The molecular formula is C42H59FN8O8S2. The number of carbonyl (C=O) groups excluding carboxylic acids is 4. The molecular weight excluding hydrogens is 828 g/mol. The first-order chi connectivity index (χ1) is 28.5. The highest BCUT2D eigenvalue weighted by atomic mass is 32.2. The molecule has 4 amide bonds. The molecule has 3 aromatic rings. The predicted molar refractivity (Wildman–Crippen MR) is 230 cm³/mol. The molecule has 0 spiro atoms. The second-order valence-electron chi connectivity index (χ2n) is 18.0. The number of hydrogen-bond donors (Lipinski definition) is 3. The van der Waals surface area contributed by atoms with E-state index in [-0.39, 0.29) is 49.3 Å². The van der Waals surface area contributed by atoms with Crippen molar-refractivity contribution in [2.75, 3.05) is 20.6 Å². The molecule has 1 saturated heterocycles. The molecule has 16 nitrogen and oxygen atoms in total. The van der Waals surface area contributed by atoms with Crippen molar-refractivity contribution in [1.82, 2.24) is 39.1 Å². The van der Waals surface area contributed by atoms with Crippen molar-refractivity contribution >= 4 is 56.4 Å². The highest BCUT2D eigenvalue weighted by Crippen LogP contribution is 2.46. The van der Waals surface area contributed by atoms with Gasteiger partial charge in [-0.25, -0.2) is 18.9 Å². The number of imidazole rings is 1. The molecule has 1 aliphatic carbocycles. The van der Waals surface area contributed by atoms with Crippen molar-refractivity contribution in [2.45, 2.75) is 142 Å². The first-order valence-electron chi connectivity index (χ1n) is 20.9. The number of amides is 4. The largest absolute Gasteiger partial charge is 0.459 e. The molecule has 2 aliphatic heterocycles. The van der Waals surface area contributed by atoms with E-state index < -0.39 is 75.1 Å². The number of hydrogen-bond acceptors (Lipinski definition) is 11. The number of halogens is 1. The monoisotopic (exact) mass is 886 g/mol. The van der Waals surface area contributed by atoms with Gasteiger partial charge in [0.05, 0.1) is 23.3 Å². The molecule has 3 aliphatic rings. The summed E-state index contributed by atoms with van der Waals surface area (Å²) < 4.78 is 58.3. The second-order valence-corrected chi connectivity index (χ2v) is 21.1. The van der Waals surface area contributed by atoms with Crippen molar-refractivity contribution in [2.24, 2.45) is 5.92 Å². The molecule has 6 rings (SSSR count). The molecule has 5 atom stereocenters. The molecule has 5 unspecified atom stereocenters. The zero-order valence-corrected chi connectivity index (χ0v) is 38.3. The van der Waals surface area contributed by atoms with Crippen LogP contribution in [0.3, 0.4) is 0 Å². The van der Waals surface area contributed by atoms with Crippen LogP contribution in [-0.2, 0) is 29.3 Å². The number of nitrogens with one attached hydrogen (secondary N) is 3. The summed E-state index contributed by atoms with van der Waals surface area (Å²) >= 11 is 1.39. The Hall–Kier alpha value is -4.62. The zero-order chi connectivity index (χ0) is 44.8. The lowest BCUT2D eigenvalue weighted by molar-refractivity contribution is -0.141. The van der Waals surface area contributed by atoms with E-state index in [1.54, 1.807) is 26.8 Å². The van der Waals surface area contributed by atoms with E-state index in [1.165, 1.54) is 36.4 Å². The Morgan fingerprint density at radius 3 is 2.46 bits per heavy atom. The molecule has 0 bridgehead atoms. The van der Waals surface area contributed by atoms with Crippen LogP contribution in [0.25, 0.3) is 21.6 Å². The van der Waals surface area contributed by atoms with Gasteiger partial charge in [-0.15, -0.1) is 11.3 Å². The van der Waals surface area contributed by atoms with Gasteiger partial charge in [0.15, 0.2) is 0 Å². The lowest BCUT2D eigenvalue weighted by Gasteiger charge is -2.30. The van der Waals surface area contributed by atoms with Crippen LogP contribution in [0.5, 0.6) is 6.01 Å². The second kappa shape index (κ2) is 17.6. The first kappa shape index (κ1) is 45.9. The van der Waals surface area contributed by atoms with Gasteiger partial charge in [0, 0.05) is 37.4 Å². The van der Waals surface area contributed by atoms with E-state index in [4.69, 9.17) is 19.4 Å². The smallest absolute Gasteiger partial charge is 0.408 e. The van der Waals surface area contributed by atoms with Gasteiger partial charge >= 0.3 is 16.3 Å². The number of rotatable bonds is 9. The third kappa shape index (κ3) is 9.88. The number of allylic oxidation sites excluding steroid dienone is 1. The average molecular weight is 887 g/mol. The fourth-order valence-corrected chi connectivity index (χ4v) is 9.73. The van der Waals surface area contributed by atoms with Crippen LogP contribution in [0.15, 0.2) is 24.3 Å². The van der Waals surface area contributed by atoms with Crippen LogP contribution < -0.4 is 20.1 Å². The van der Waals surface area contributed by atoms with Crippen LogP contribution in [-0.4, -0.2) is 106 Å². The molecule has 4 heterocycles. The number of alkyl carbamates (subject to hydrolysis) is 1. The lowest BCUT2D eigenvalue weighted by Crippen LogP contribution is -2.58. The van der Waals surface area contributed by atoms with Gasteiger partial charge in [0.25, 0.3) is 11.9 Å². The third-order valence-electron chi connectivity index (χ3n) is 11.2. The van der Waals surface area contributed by atoms with Crippen LogP contribution >= 0.6 is 11.3 Å². The summed E-state index contributed by atoms with van der Waals surface area (Å²) in [6.45, 7) is 14.9. The molecule has 1 aromatic carbocycles. The highest BCUT2D eigenvalue weighted by Gasteiger charge is 2.62. The number of carbonyl (C=O) groups is 4. The van der Waals surface area contributed by atoms with Crippen LogP contribution in [0.1, 0.15) is 116 Å². The van der Waals surface area contributed by atoms with E-state index in [0.717, 1.165) is 27.7 Å². The number of aryl methyl sites for hydroxylation is 1. The topological polar surface area (TPSA) is 194 Å². The number of nitrogens with zero attached hydrogens (tertiary/aromatic N) is 5. The number of benzene rings is 1. The van der Waals surface area contributed by atoms with Crippen molar-refractivity contribution < 1.29 is 41.5 Å². The maximum atomic E-state index is 15.8. The summed E-state index contributed by atoms with van der Waals surface area (Å²) in [5.41, 5.74) is -0.362. The highest BCUT2D eigenvalue weighted by molar-refractivity contribution is 7.87.